The lowest BCUT2D eigenvalue weighted by Gasteiger charge is -2.44. The Kier molecular flexibility index (Phi) is 3.56. The second-order valence-electron chi connectivity index (χ2n) is 5.86. The number of rotatable bonds is 2. The van der Waals surface area contributed by atoms with Crippen LogP contribution in [0.5, 0.6) is 0 Å². The average Bonchev–Trinajstić information content (AvgIpc) is 2.40. The lowest BCUT2D eigenvalue weighted by atomic mass is 9.66. The van der Waals surface area contributed by atoms with Crippen LogP contribution in [0.3, 0.4) is 0 Å². The molecule has 1 heterocycles. The highest BCUT2D eigenvalue weighted by Gasteiger charge is 2.47. The molecule has 1 N–H and O–H groups in total. The van der Waals surface area contributed by atoms with Crippen molar-refractivity contribution >= 4 is 17.5 Å². The highest BCUT2D eigenvalue weighted by atomic mass is 35.5. The van der Waals surface area contributed by atoms with Crippen LogP contribution in [-0.2, 0) is 15.7 Å². The van der Waals surface area contributed by atoms with Gasteiger partial charge in [0.05, 0.1) is 21.5 Å². The van der Waals surface area contributed by atoms with Gasteiger partial charge in [-0.3, -0.25) is 4.79 Å². The summed E-state index contributed by atoms with van der Waals surface area (Å²) in [4.78, 5) is 12.6. The molecule has 0 aliphatic carbocycles. The maximum Gasteiger partial charge on any atom is 0.231 e. The van der Waals surface area contributed by atoms with Gasteiger partial charge in [-0.1, -0.05) is 25.4 Å². The van der Waals surface area contributed by atoms with E-state index in [0.717, 1.165) is 11.1 Å². The molecule has 1 aliphatic rings. The number of carbonyl (C=O) groups is 1. The van der Waals surface area contributed by atoms with Gasteiger partial charge in [-0.25, -0.2) is 0 Å². The summed E-state index contributed by atoms with van der Waals surface area (Å²) in [6.07, 6.45) is 1.40. The quantitative estimate of drug-likeness (QED) is 0.904. The number of hydrogen-bond donors (Lipinski definition) is 1. The average molecular weight is 291 g/mol. The Balaban J connectivity index is 2.83. The molecule has 4 heteroatoms. The number of benzene rings is 1. The molecule has 0 atom stereocenters. The molecule has 0 radical (unpaired) electrons. The van der Waals surface area contributed by atoms with Gasteiger partial charge in [0.1, 0.15) is 6.07 Å². The molecule has 0 unspecified atom stereocenters. The highest BCUT2D eigenvalue weighted by Crippen LogP contribution is 2.44. The molecule has 2 rings (SSSR count). The van der Waals surface area contributed by atoms with Gasteiger partial charge in [0.15, 0.2) is 0 Å². The minimum atomic E-state index is -0.568. The summed E-state index contributed by atoms with van der Waals surface area (Å²) in [5.74, 6) is 0.0335. The summed E-state index contributed by atoms with van der Waals surface area (Å²) in [7, 11) is 0. The molecule has 0 bridgehead atoms. The van der Waals surface area contributed by atoms with E-state index in [1.807, 2.05) is 33.8 Å². The molecule has 1 aliphatic heterocycles. The first-order chi connectivity index (χ1) is 9.32. The maximum absolute atomic E-state index is 12.6. The number of fused-ring (bicyclic) bond motifs is 1. The van der Waals surface area contributed by atoms with Crippen molar-refractivity contribution in [2.75, 3.05) is 0 Å². The molecule has 3 nitrogen and oxygen atoms in total. The van der Waals surface area contributed by atoms with Crippen molar-refractivity contribution in [2.45, 2.75) is 51.5 Å². The summed E-state index contributed by atoms with van der Waals surface area (Å²) in [6, 6.07) is 5.73. The van der Waals surface area contributed by atoms with Gasteiger partial charge in [-0.2, -0.15) is 5.26 Å². The van der Waals surface area contributed by atoms with Gasteiger partial charge in [-0.05, 0) is 49.9 Å². The maximum atomic E-state index is 12.6. The molecule has 1 aromatic carbocycles. The van der Waals surface area contributed by atoms with Crippen LogP contribution in [0.1, 0.15) is 57.2 Å². The van der Waals surface area contributed by atoms with E-state index >= 15 is 0 Å². The second-order valence-corrected chi connectivity index (χ2v) is 6.26. The van der Waals surface area contributed by atoms with E-state index in [0.29, 0.717) is 23.4 Å². The van der Waals surface area contributed by atoms with Crippen molar-refractivity contribution in [1.29, 1.82) is 5.26 Å². The number of hydrogen-bond acceptors (Lipinski definition) is 2. The Morgan fingerprint density at radius 2 is 1.85 bits per heavy atom. The molecule has 1 aromatic rings. The van der Waals surface area contributed by atoms with Crippen LogP contribution in [0.25, 0.3) is 0 Å². The normalized spacial score (nSPS) is 18.9. The predicted octanol–water partition coefficient (Wildman–Crippen LogP) is 3.63. The SMILES string of the molecule is CCC1(CC)C(=O)NC(C)(C)c2cc(Cl)c(C#N)cc21. The minimum Gasteiger partial charge on any atom is -0.346 e. The first-order valence-electron chi connectivity index (χ1n) is 6.89. The van der Waals surface area contributed by atoms with Gasteiger partial charge < -0.3 is 5.32 Å². The van der Waals surface area contributed by atoms with Gasteiger partial charge in [0.2, 0.25) is 5.91 Å². The number of carbonyl (C=O) groups excluding carboxylic acids is 1. The fourth-order valence-corrected chi connectivity index (χ4v) is 3.32. The molecular weight excluding hydrogens is 272 g/mol. The zero-order chi connectivity index (χ0) is 15.1. The molecular formula is C16H19ClN2O. The van der Waals surface area contributed by atoms with Gasteiger partial charge in [-0.15, -0.1) is 0 Å². The third-order valence-electron chi connectivity index (χ3n) is 4.48. The van der Waals surface area contributed by atoms with E-state index < -0.39 is 11.0 Å². The summed E-state index contributed by atoms with van der Waals surface area (Å²) in [6.45, 7) is 7.93. The van der Waals surface area contributed by atoms with E-state index in [9.17, 15) is 10.1 Å². The number of nitrogens with one attached hydrogen (secondary N) is 1. The molecule has 0 saturated heterocycles. The third-order valence-corrected chi connectivity index (χ3v) is 4.80. The van der Waals surface area contributed by atoms with Crippen molar-refractivity contribution in [2.24, 2.45) is 0 Å². The Morgan fingerprint density at radius 3 is 2.35 bits per heavy atom. The van der Waals surface area contributed by atoms with E-state index in [2.05, 4.69) is 11.4 Å². The topological polar surface area (TPSA) is 52.9 Å². The Bertz CT molecular complexity index is 610. The fraction of sp³-hybridized carbons (Fsp3) is 0.500. The Labute approximate surface area is 124 Å². The monoisotopic (exact) mass is 290 g/mol. The second kappa shape index (κ2) is 4.79. The van der Waals surface area contributed by atoms with E-state index in [1.54, 1.807) is 6.07 Å². The zero-order valence-electron chi connectivity index (χ0n) is 12.3. The van der Waals surface area contributed by atoms with Crippen LogP contribution >= 0.6 is 11.6 Å². The third kappa shape index (κ3) is 1.91. The molecule has 1 amide bonds. The highest BCUT2D eigenvalue weighted by molar-refractivity contribution is 6.31. The van der Waals surface area contributed by atoms with Crippen molar-refractivity contribution in [3.05, 3.63) is 33.8 Å². The van der Waals surface area contributed by atoms with Crippen LogP contribution in [0.4, 0.5) is 0 Å². The van der Waals surface area contributed by atoms with Crippen molar-refractivity contribution < 1.29 is 4.79 Å². The smallest absolute Gasteiger partial charge is 0.231 e. The number of nitrogens with zero attached hydrogens (tertiary/aromatic N) is 1. The number of amides is 1. The lowest BCUT2D eigenvalue weighted by molar-refractivity contribution is -0.130. The van der Waals surface area contributed by atoms with Crippen molar-refractivity contribution in [3.8, 4) is 6.07 Å². The van der Waals surface area contributed by atoms with E-state index in [4.69, 9.17) is 11.6 Å². The van der Waals surface area contributed by atoms with E-state index in [-0.39, 0.29) is 5.91 Å². The van der Waals surface area contributed by atoms with Crippen LogP contribution in [0.15, 0.2) is 12.1 Å². The number of nitriles is 1. The van der Waals surface area contributed by atoms with Crippen LogP contribution in [0, 0.1) is 11.3 Å². The summed E-state index contributed by atoms with van der Waals surface area (Å²) in [5, 5.41) is 12.7. The van der Waals surface area contributed by atoms with Gasteiger partial charge in [0.25, 0.3) is 0 Å². The molecule has 0 saturated carbocycles. The standard InChI is InChI=1S/C16H19ClN2O/c1-5-16(6-2)12-7-10(9-18)13(17)8-11(12)15(3,4)19-14(16)20/h7-8H,5-6H2,1-4H3,(H,19,20). The first kappa shape index (κ1) is 14.9. The first-order valence-corrected chi connectivity index (χ1v) is 7.27. The van der Waals surface area contributed by atoms with Crippen molar-refractivity contribution in [3.63, 3.8) is 0 Å². The Hall–Kier alpha value is -1.53. The Morgan fingerprint density at radius 1 is 1.25 bits per heavy atom. The molecule has 0 aromatic heterocycles. The summed E-state index contributed by atoms with van der Waals surface area (Å²) < 4.78 is 0. The molecule has 0 fully saturated rings. The van der Waals surface area contributed by atoms with Crippen LogP contribution < -0.4 is 5.32 Å². The largest absolute Gasteiger partial charge is 0.346 e. The van der Waals surface area contributed by atoms with Gasteiger partial charge >= 0.3 is 0 Å². The van der Waals surface area contributed by atoms with Crippen molar-refractivity contribution in [1.82, 2.24) is 5.32 Å². The molecule has 0 spiro atoms. The zero-order valence-corrected chi connectivity index (χ0v) is 13.1. The lowest BCUT2D eigenvalue weighted by Crippen LogP contribution is -2.56. The minimum absolute atomic E-state index is 0.0335. The van der Waals surface area contributed by atoms with E-state index in [1.165, 1.54) is 0 Å². The fourth-order valence-electron chi connectivity index (χ4n) is 3.12. The van der Waals surface area contributed by atoms with Gasteiger partial charge in [0, 0.05) is 0 Å². The summed E-state index contributed by atoms with van der Waals surface area (Å²) >= 11 is 6.17. The van der Waals surface area contributed by atoms with Crippen LogP contribution in [0.2, 0.25) is 5.02 Å². The molecule has 20 heavy (non-hydrogen) atoms. The molecule has 106 valence electrons. The number of halogens is 1. The van der Waals surface area contributed by atoms with Crippen LogP contribution in [-0.4, -0.2) is 5.91 Å². The predicted molar refractivity (Wildman–Crippen MR) is 79.6 cm³/mol. The summed E-state index contributed by atoms with van der Waals surface area (Å²) in [5.41, 5.74) is 1.34.